The van der Waals surface area contributed by atoms with E-state index < -0.39 is 32.7 Å². The van der Waals surface area contributed by atoms with Crippen molar-refractivity contribution in [2.45, 2.75) is 5.09 Å². The minimum absolute atomic E-state index is 0.0294. The molecular formula is C11H7BrFNO5S. The van der Waals surface area contributed by atoms with Gasteiger partial charge in [0.05, 0.1) is 5.69 Å². The molecule has 0 aliphatic heterocycles. The summed E-state index contributed by atoms with van der Waals surface area (Å²) in [4.78, 5) is 10.6. The molecule has 2 rings (SSSR count). The van der Waals surface area contributed by atoms with Crippen LogP contribution in [0.25, 0.3) is 0 Å². The lowest BCUT2D eigenvalue weighted by molar-refractivity contribution is 0.0656. The predicted molar refractivity (Wildman–Crippen MR) is 70.6 cm³/mol. The third kappa shape index (κ3) is 2.99. The average molecular weight is 364 g/mol. The first-order chi connectivity index (χ1) is 9.29. The van der Waals surface area contributed by atoms with Crippen molar-refractivity contribution in [3.05, 3.63) is 46.4 Å². The van der Waals surface area contributed by atoms with E-state index in [0.29, 0.717) is 4.47 Å². The molecule has 0 fully saturated rings. The van der Waals surface area contributed by atoms with Crippen LogP contribution >= 0.6 is 15.9 Å². The first-order valence-electron chi connectivity index (χ1n) is 5.10. The Balaban J connectivity index is 2.35. The van der Waals surface area contributed by atoms with Crippen molar-refractivity contribution < 1.29 is 27.1 Å². The molecule has 0 spiro atoms. The predicted octanol–water partition coefficient (Wildman–Crippen LogP) is 2.68. The Bertz CT molecular complexity index is 771. The van der Waals surface area contributed by atoms with Crippen LogP contribution in [0.1, 0.15) is 10.6 Å². The number of hydrogen-bond acceptors (Lipinski definition) is 4. The second-order valence-corrected chi connectivity index (χ2v) is 6.12. The molecule has 2 aromatic rings. The Morgan fingerprint density at radius 3 is 2.60 bits per heavy atom. The Kier molecular flexibility index (Phi) is 3.82. The van der Waals surface area contributed by atoms with Gasteiger partial charge in [0.1, 0.15) is 5.82 Å². The zero-order valence-electron chi connectivity index (χ0n) is 9.63. The third-order valence-corrected chi connectivity index (χ3v) is 4.16. The van der Waals surface area contributed by atoms with Crippen LogP contribution in [-0.4, -0.2) is 19.5 Å². The Hall–Kier alpha value is -1.87. The van der Waals surface area contributed by atoms with Gasteiger partial charge in [-0.05, 0) is 46.3 Å². The highest BCUT2D eigenvalue weighted by Gasteiger charge is 2.22. The molecule has 0 saturated heterocycles. The van der Waals surface area contributed by atoms with Crippen LogP contribution in [0.5, 0.6) is 0 Å². The number of carbonyl (C=O) groups is 1. The van der Waals surface area contributed by atoms with Gasteiger partial charge >= 0.3 is 5.97 Å². The van der Waals surface area contributed by atoms with Crippen molar-refractivity contribution in [1.29, 1.82) is 0 Å². The standard InChI is InChI=1S/C11H7BrFNO5S/c12-7-2-1-6(13)5-8(7)14-20(17,18)10-4-3-9(19-10)11(15)16/h1-5,14H,(H,15,16). The zero-order chi connectivity index (χ0) is 14.9. The SMILES string of the molecule is O=C(O)c1ccc(S(=O)(=O)Nc2cc(F)ccc2Br)o1. The van der Waals surface area contributed by atoms with E-state index in [9.17, 15) is 17.6 Å². The van der Waals surface area contributed by atoms with Crippen LogP contribution < -0.4 is 4.72 Å². The molecule has 0 bridgehead atoms. The van der Waals surface area contributed by atoms with Crippen molar-refractivity contribution in [3.63, 3.8) is 0 Å². The molecule has 2 N–H and O–H groups in total. The van der Waals surface area contributed by atoms with E-state index in [1.807, 2.05) is 0 Å². The largest absolute Gasteiger partial charge is 0.475 e. The van der Waals surface area contributed by atoms with Gasteiger partial charge in [0.25, 0.3) is 10.0 Å². The maximum Gasteiger partial charge on any atom is 0.371 e. The Labute approximate surface area is 121 Å². The van der Waals surface area contributed by atoms with E-state index >= 15 is 0 Å². The first-order valence-corrected chi connectivity index (χ1v) is 7.38. The summed E-state index contributed by atoms with van der Waals surface area (Å²) in [6.07, 6.45) is 0. The van der Waals surface area contributed by atoms with Crippen LogP contribution in [-0.2, 0) is 10.0 Å². The molecule has 0 atom stereocenters. The molecular weight excluding hydrogens is 357 g/mol. The van der Waals surface area contributed by atoms with E-state index in [-0.39, 0.29) is 5.69 Å². The molecule has 9 heteroatoms. The van der Waals surface area contributed by atoms with Crippen molar-refractivity contribution >= 4 is 37.6 Å². The summed E-state index contributed by atoms with van der Waals surface area (Å²) in [5, 5.41) is 8.09. The summed E-state index contributed by atoms with van der Waals surface area (Å²) in [6, 6.07) is 5.47. The normalized spacial score (nSPS) is 11.3. The molecule has 0 aliphatic carbocycles. The molecule has 1 aromatic carbocycles. The van der Waals surface area contributed by atoms with Gasteiger partial charge in [-0.3, -0.25) is 4.72 Å². The van der Waals surface area contributed by atoms with E-state index in [1.54, 1.807) is 0 Å². The lowest BCUT2D eigenvalue weighted by Crippen LogP contribution is -2.12. The number of sulfonamides is 1. The maximum atomic E-state index is 13.1. The van der Waals surface area contributed by atoms with Gasteiger partial charge in [-0.2, -0.15) is 8.42 Å². The lowest BCUT2D eigenvalue weighted by atomic mass is 10.3. The number of benzene rings is 1. The number of aromatic carboxylic acids is 1. The van der Waals surface area contributed by atoms with Crippen LogP contribution in [0.2, 0.25) is 0 Å². The minimum atomic E-state index is -4.14. The third-order valence-electron chi connectivity index (χ3n) is 2.23. The highest BCUT2D eigenvalue weighted by atomic mass is 79.9. The van der Waals surface area contributed by atoms with Gasteiger partial charge in [-0.1, -0.05) is 0 Å². The average Bonchev–Trinajstić information content (AvgIpc) is 2.84. The summed E-state index contributed by atoms with van der Waals surface area (Å²) >= 11 is 3.07. The van der Waals surface area contributed by atoms with Crippen molar-refractivity contribution in [2.24, 2.45) is 0 Å². The highest BCUT2D eigenvalue weighted by Crippen LogP contribution is 2.26. The molecule has 1 heterocycles. The van der Waals surface area contributed by atoms with Gasteiger partial charge < -0.3 is 9.52 Å². The van der Waals surface area contributed by atoms with E-state index in [1.165, 1.54) is 6.07 Å². The second-order valence-electron chi connectivity index (χ2n) is 3.65. The van der Waals surface area contributed by atoms with Gasteiger partial charge in [-0.15, -0.1) is 0 Å². The molecule has 6 nitrogen and oxygen atoms in total. The van der Waals surface area contributed by atoms with Crippen molar-refractivity contribution in [2.75, 3.05) is 4.72 Å². The first kappa shape index (κ1) is 14.5. The smallest absolute Gasteiger partial charge is 0.371 e. The summed E-state index contributed by atoms with van der Waals surface area (Å²) in [6.45, 7) is 0. The summed E-state index contributed by atoms with van der Waals surface area (Å²) in [5.41, 5.74) is -0.0294. The quantitative estimate of drug-likeness (QED) is 0.870. The molecule has 0 aliphatic rings. The molecule has 0 amide bonds. The topological polar surface area (TPSA) is 96.6 Å². The van der Waals surface area contributed by atoms with Crippen LogP contribution in [0.4, 0.5) is 10.1 Å². The fourth-order valence-corrected chi connectivity index (χ4v) is 2.83. The number of nitrogens with one attached hydrogen (secondary N) is 1. The van der Waals surface area contributed by atoms with Crippen LogP contribution in [0.3, 0.4) is 0 Å². The number of rotatable bonds is 4. The molecule has 1 aromatic heterocycles. The Morgan fingerprint density at radius 2 is 2.00 bits per heavy atom. The number of furan rings is 1. The highest BCUT2D eigenvalue weighted by molar-refractivity contribution is 9.10. The number of carboxylic acids is 1. The summed E-state index contributed by atoms with van der Waals surface area (Å²) in [7, 11) is -4.14. The lowest BCUT2D eigenvalue weighted by Gasteiger charge is -2.07. The van der Waals surface area contributed by atoms with E-state index in [2.05, 4.69) is 20.7 Å². The molecule has 0 radical (unpaired) electrons. The van der Waals surface area contributed by atoms with Gasteiger partial charge in [0.2, 0.25) is 10.9 Å². The molecule has 106 valence electrons. The second kappa shape index (κ2) is 5.25. The molecule has 20 heavy (non-hydrogen) atoms. The monoisotopic (exact) mass is 363 g/mol. The number of hydrogen-bond donors (Lipinski definition) is 2. The maximum absolute atomic E-state index is 13.1. The Morgan fingerprint density at radius 1 is 1.30 bits per heavy atom. The zero-order valence-corrected chi connectivity index (χ0v) is 12.0. The van der Waals surface area contributed by atoms with Crippen molar-refractivity contribution in [3.8, 4) is 0 Å². The summed E-state index contributed by atoms with van der Waals surface area (Å²) in [5.74, 6) is -2.53. The number of carboxylic acid groups (broad SMARTS) is 1. The number of anilines is 1. The van der Waals surface area contributed by atoms with Gasteiger partial charge in [-0.25, -0.2) is 9.18 Å². The molecule has 0 unspecified atom stereocenters. The van der Waals surface area contributed by atoms with Gasteiger partial charge in [0.15, 0.2) is 0 Å². The fourth-order valence-electron chi connectivity index (χ4n) is 1.35. The van der Waals surface area contributed by atoms with Crippen LogP contribution in [0, 0.1) is 5.82 Å². The number of halogens is 2. The van der Waals surface area contributed by atoms with Crippen molar-refractivity contribution in [1.82, 2.24) is 0 Å². The minimum Gasteiger partial charge on any atom is -0.475 e. The summed E-state index contributed by atoms with van der Waals surface area (Å²) < 4.78 is 44.1. The van der Waals surface area contributed by atoms with Crippen LogP contribution in [0.15, 0.2) is 44.3 Å². The van der Waals surface area contributed by atoms with E-state index in [4.69, 9.17) is 9.52 Å². The van der Waals surface area contributed by atoms with Gasteiger partial charge in [0, 0.05) is 4.47 Å². The fraction of sp³-hybridized carbons (Fsp3) is 0. The molecule has 0 saturated carbocycles. The van der Waals surface area contributed by atoms with E-state index in [0.717, 1.165) is 24.3 Å².